The van der Waals surface area contributed by atoms with Crippen LogP contribution in [0.3, 0.4) is 0 Å². The lowest BCUT2D eigenvalue weighted by Gasteiger charge is -2.15. The molecule has 15 heavy (non-hydrogen) atoms. The molecule has 1 aromatic carbocycles. The molecular weight excluding hydrogens is 211 g/mol. The predicted octanol–water partition coefficient (Wildman–Crippen LogP) is 4.11. The standard InChI is InChI=1S/C12H17FOS/c1-8(2)14-11-7-10(13)5-6-12(11)15-9(3)4/h5-9H,1-4H3. The zero-order chi connectivity index (χ0) is 11.4. The quantitative estimate of drug-likeness (QED) is 0.717. The summed E-state index contributed by atoms with van der Waals surface area (Å²) in [5.41, 5.74) is 0. The zero-order valence-corrected chi connectivity index (χ0v) is 10.4. The van der Waals surface area contributed by atoms with Crippen molar-refractivity contribution in [1.29, 1.82) is 0 Å². The van der Waals surface area contributed by atoms with Crippen LogP contribution < -0.4 is 4.74 Å². The smallest absolute Gasteiger partial charge is 0.136 e. The average Bonchev–Trinajstić information content (AvgIpc) is 2.08. The van der Waals surface area contributed by atoms with Crippen LogP contribution in [0.15, 0.2) is 23.1 Å². The molecule has 0 aliphatic rings. The van der Waals surface area contributed by atoms with E-state index in [0.29, 0.717) is 11.0 Å². The van der Waals surface area contributed by atoms with E-state index in [9.17, 15) is 4.39 Å². The van der Waals surface area contributed by atoms with Gasteiger partial charge in [0.25, 0.3) is 0 Å². The first-order chi connectivity index (χ1) is 6.99. The molecule has 1 nitrogen and oxygen atoms in total. The monoisotopic (exact) mass is 228 g/mol. The van der Waals surface area contributed by atoms with Gasteiger partial charge in [-0.2, -0.15) is 0 Å². The van der Waals surface area contributed by atoms with Crippen molar-refractivity contribution in [3.8, 4) is 5.75 Å². The van der Waals surface area contributed by atoms with E-state index in [4.69, 9.17) is 4.74 Å². The molecule has 1 aromatic rings. The average molecular weight is 228 g/mol. The minimum atomic E-state index is -0.251. The molecule has 3 heteroatoms. The number of hydrogen-bond donors (Lipinski definition) is 0. The second-order valence-corrected chi connectivity index (χ2v) is 5.54. The molecule has 0 amide bonds. The van der Waals surface area contributed by atoms with Gasteiger partial charge in [-0.05, 0) is 26.0 Å². The van der Waals surface area contributed by atoms with Crippen LogP contribution in [-0.2, 0) is 0 Å². The Balaban J connectivity index is 2.92. The summed E-state index contributed by atoms with van der Waals surface area (Å²) >= 11 is 1.68. The second-order valence-electron chi connectivity index (χ2n) is 3.92. The maximum absolute atomic E-state index is 13.0. The molecule has 0 saturated carbocycles. The number of benzene rings is 1. The summed E-state index contributed by atoms with van der Waals surface area (Å²) in [6.45, 7) is 8.09. The Kier molecular flexibility index (Phi) is 4.45. The second kappa shape index (κ2) is 5.40. The van der Waals surface area contributed by atoms with Crippen LogP contribution in [0.1, 0.15) is 27.7 Å². The van der Waals surface area contributed by atoms with Gasteiger partial charge in [0.15, 0.2) is 0 Å². The molecule has 84 valence electrons. The van der Waals surface area contributed by atoms with E-state index in [0.717, 1.165) is 4.90 Å². The number of ether oxygens (including phenoxy) is 1. The van der Waals surface area contributed by atoms with Crippen molar-refractivity contribution in [2.24, 2.45) is 0 Å². The first-order valence-corrected chi connectivity index (χ1v) is 6.00. The van der Waals surface area contributed by atoms with Crippen molar-refractivity contribution in [3.63, 3.8) is 0 Å². The predicted molar refractivity (Wildman–Crippen MR) is 63.2 cm³/mol. The molecule has 0 fully saturated rings. The molecule has 1 rings (SSSR count). The summed E-state index contributed by atoms with van der Waals surface area (Å²) in [6, 6.07) is 4.69. The first kappa shape index (κ1) is 12.4. The summed E-state index contributed by atoms with van der Waals surface area (Å²) < 4.78 is 18.6. The molecule has 0 aromatic heterocycles. The minimum absolute atomic E-state index is 0.0679. The number of thioether (sulfide) groups is 1. The van der Waals surface area contributed by atoms with Gasteiger partial charge < -0.3 is 4.74 Å². The van der Waals surface area contributed by atoms with E-state index < -0.39 is 0 Å². The maximum Gasteiger partial charge on any atom is 0.136 e. The van der Waals surface area contributed by atoms with E-state index in [1.165, 1.54) is 12.1 Å². The Morgan fingerprint density at radius 1 is 1.20 bits per heavy atom. The topological polar surface area (TPSA) is 9.23 Å². The number of halogens is 1. The van der Waals surface area contributed by atoms with Crippen molar-refractivity contribution < 1.29 is 9.13 Å². The van der Waals surface area contributed by atoms with Crippen molar-refractivity contribution in [2.45, 2.75) is 43.9 Å². The van der Waals surface area contributed by atoms with Gasteiger partial charge in [-0.15, -0.1) is 11.8 Å². The zero-order valence-electron chi connectivity index (χ0n) is 9.58. The van der Waals surface area contributed by atoms with E-state index in [1.807, 2.05) is 13.8 Å². The van der Waals surface area contributed by atoms with E-state index in [1.54, 1.807) is 17.8 Å². The van der Waals surface area contributed by atoms with Crippen LogP contribution in [0, 0.1) is 5.82 Å². The molecule has 0 bridgehead atoms. The Morgan fingerprint density at radius 3 is 2.40 bits per heavy atom. The molecule has 0 saturated heterocycles. The van der Waals surface area contributed by atoms with E-state index >= 15 is 0 Å². The third-order valence-electron chi connectivity index (χ3n) is 1.63. The van der Waals surface area contributed by atoms with Gasteiger partial charge in [-0.25, -0.2) is 4.39 Å². The Bertz CT molecular complexity index is 323. The molecule has 0 aliphatic heterocycles. The summed E-state index contributed by atoms with van der Waals surface area (Å²) in [7, 11) is 0. The van der Waals surface area contributed by atoms with E-state index in [-0.39, 0.29) is 11.9 Å². The van der Waals surface area contributed by atoms with Gasteiger partial charge in [0.2, 0.25) is 0 Å². The van der Waals surface area contributed by atoms with Crippen LogP contribution in [0.25, 0.3) is 0 Å². The Morgan fingerprint density at radius 2 is 1.87 bits per heavy atom. The van der Waals surface area contributed by atoms with Crippen LogP contribution in [-0.4, -0.2) is 11.4 Å². The first-order valence-electron chi connectivity index (χ1n) is 5.12. The van der Waals surface area contributed by atoms with Crippen LogP contribution in [0.5, 0.6) is 5.75 Å². The highest BCUT2D eigenvalue weighted by Crippen LogP contribution is 2.33. The lowest BCUT2D eigenvalue weighted by atomic mass is 10.3. The normalized spacial score (nSPS) is 11.1. The lowest BCUT2D eigenvalue weighted by Crippen LogP contribution is -2.07. The summed E-state index contributed by atoms with van der Waals surface area (Å²) in [5.74, 6) is 0.391. The van der Waals surface area contributed by atoms with Gasteiger partial charge in [-0.1, -0.05) is 13.8 Å². The Hall–Kier alpha value is -0.700. The molecule has 0 aliphatic carbocycles. The third kappa shape index (κ3) is 4.12. The van der Waals surface area contributed by atoms with Crippen LogP contribution >= 0.6 is 11.8 Å². The van der Waals surface area contributed by atoms with Crippen molar-refractivity contribution in [1.82, 2.24) is 0 Å². The largest absolute Gasteiger partial charge is 0.490 e. The van der Waals surface area contributed by atoms with Crippen LogP contribution in [0.4, 0.5) is 4.39 Å². The molecular formula is C12H17FOS. The summed E-state index contributed by atoms with van der Waals surface area (Å²) in [4.78, 5) is 1.00. The fourth-order valence-electron chi connectivity index (χ4n) is 1.18. The lowest BCUT2D eigenvalue weighted by molar-refractivity contribution is 0.235. The van der Waals surface area contributed by atoms with Crippen molar-refractivity contribution >= 4 is 11.8 Å². The molecule has 0 radical (unpaired) electrons. The molecule has 0 spiro atoms. The van der Waals surface area contributed by atoms with Crippen molar-refractivity contribution in [2.75, 3.05) is 0 Å². The van der Waals surface area contributed by atoms with E-state index in [2.05, 4.69) is 13.8 Å². The SMILES string of the molecule is CC(C)Oc1cc(F)ccc1SC(C)C. The van der Waals surface area contributed by atoms with Gasteiger partial charge in [0.05, 0.1) is 6.10 Å². The van der Waals surface area contributed by atoms with Gasteiger partial charge >= 0.3 is 0 Å². The fraction of sp³-hybridized carbons (Fsp3) is 0.500. The maximum atomic E-state index is 13.0. The van der Waals surface area contributed by atoms with Crippen molar-refractivity contribution in [3.05, 3.63) is 24.0 Å². The highest BCUT2D eigenvalue weighted by atomic mass is 32.2. The third-order valence-corrected chi connectivity index (χ3v) is 2.69. The van der Waals surface area contributed by atoms with Gasteiger partial charge in [-0.3, -0.25) is 0 Å². The minimum Gasteiger partial charge on any atom is -0.490 e. The fourth-order valence-corrected chi connectivity index (χ4v) is 2.06. The number of rotatable bonds is 4. The van der Waals surface area contributed by atoms with Gasteiger partial charge in [0.1, 0.15) is 11.6 Å². The van der Waals surface area contributed by atoms with Crippen LogP contribution in [0.2, 0.25) is 0 Å². The molecule has 0 heterocycles. The molecule has 0 unspecified atom stereocenters. The highest BCUT2D eigenvalue weighted by Gasteiger charge is 2.09. The number of hydrogen-bond acceptors (Lipinski definition) is 2. The molecule has 0 N–H and O–H groups in total. The molecule has 0 atom stereocenters. The van der Waals surface area contributed by atoms with Gasteiger partial charge in [0, 0.05) is 16.2 Å². The highest BCUT2D eigenvalue weighted by molar-refractivity contribution is 8.00. The summed E-state index contributed by atoms with van der Waals surface area (Å²) in [6.07, 6.45) is 0.0679. The Labute approximate surface area is 95.0 Å². The summed E-state index contributed by atoms with van der Waals surface area (Å²) in [5, 5.41) is 0.463.